The summed E-state index contributed by atoms with van der Waals surface area (Å²) in [5, 5.41) is 10.8. The molecule has 0 aliphatic heterocycles. The third-order valence-electron chi connectivity index (χ3n) is 3.43. The topological polar surface area (TPSA) is 89.8 Å². The molecule has 8 heteroatoms. The van der Waals surface area contributed by atoms with Crippen molar-refractivity contribution in [3.8, 4) is 5.75 Å². The van der Waals surface area contributed by atoms with Gasteiger partial charge in [-0.25, -0.2) is 8.42 Å². The van der Waals surface area contributed by atoms with E-state index in [1.807, 2.05) is 0 Å². The van der Waals surface area contributed by atoms with Crippen LogP contribution in [-0.2, 0) is 16.6 Å². The maximum Gasteiger partial charge on any atom is 0.270 e. The molecule has 0 radical (unpaired) electrons. The summed E-state index contributed by atoms with van der Waals surface area (Å²) in [6.45, 7) is 4.09. The highest BCUT2D eigenvalue weighted by Crippen LogP contribution is 2.22. The minimum atomic E-state index is -3.83. The van der Waals surface area contributed by atoms with Crippen LogP contribution in [-0.4, -0.2) is 31.3 Å². The van der Waals surface area contributed by atoms with Crippen molar-refractivity contribution < 1.29 is 18.1 Å². The highest BCUT2D eigenvalue weighted by atomic mass is 32.2. The van der Waals surface area contributed by atoms with Gasteiger partial charge in [0.05, 0.1) is 9.82 Å². The minimum Gasteiger partial charge on any atom is -0.490 e. The van der Waals surface area contributed by atoms with Gasteiger partial charge in [-0.05, 0) is 23.8 Å². The Bertz CT molecular complexity index is 863. The SMILES string of the molecule is C=CCOc1ccc(CN(C)S(=O)(=O)c2cccc([N+](=O)[O-])c2)cc1. The normalized spacial score (nSPS) is 11.3. The highest BCUT2D eigenvalue weighted by molar-refractivity contribution is 7.89. The smallest absolute Gasteiger partial charge is 0.270 e. The van der Waals surface area contributed by atoms with Crippen LogP contribution in [0.3, 0.4) is 0 Å². The molecule has 0 atom stereocenters. The number of hydrogen-bond acceptors (Lipinski definition) is 5. The van der Waals surface area contributed by atoms with Gasteiger partial charge in [-0.2, -0.15) is 4.31 Å². The zero-order valence-electron chi connectivity index (χ0n) is 13.7. The van der Waals surface area contributed by atoms with E-state index < -0.39 is 14.9 Å². The van der Waals surface area contributed by atoms with Crippen molar-refractivity contribution in [1.29, 1.82) is 0 Å². The Morgan fingerprint density at radius 2 is 1.92 bits per heavy atom. The van der Waals surface area contributed by atoms with E-state index in [2.05, 4.69) is 6.58 Å². The van der Waals surface area contributed by atoms with Gasteiger partial charge < -0.3 is 4.74 Å². The fraction of sp³-hybridized carbons (Fsp3) is 0.176. The summed E-state index contributed by atoms with van der Waals surface area (Å²) in [5.41, 5.74) is 0.501. The molecule has 0 saturated heterocycles. The number of ether oxygens (including phenoxy) is 1. The van der Waals surface area contributed by atoms with Crippen LogP contribution in [0.5, 0.6) is 5.75 Å². The number of non-ortho nitro benzene ring substituents is 1. The maximum absolute atomic E-state index is 12.6. The van der Waals surface area contributed by atoms with E-state index >= 15 is 0 Å². The lowest BCUT2D eigenvalue weighted by Gasteiger charge is -2.17. The van der Waals surface area contributed by atoms with E-state index in [1.54, 1.807) is 30.3 Å². The van der Waals surface area contributed by atoms with Crippen LogP contribution in [0.1, 0.15) is 5.56 Å². The minimum absolute atomic E-state index is 0.116. The number of nitrogens with zero attached hydrogens (tertiary/aromatic N) is 2. The van der Waals surface area contributed by atoms with Crippen molar-refractivity contribution in [2.24, 2.45) is 0 Å². The van der Waals surface area contributed by atoms with Crippen molar-refractivity contribution >= 4 is 15.7 Å². The summed E-state index contributed by atoms with van der Waals surface area (Å²) in [7, 11) is -2.41. The maximum atomic E-state index is 12.6. The Kier molecular flexibility index (Phi) is 5.89. The molecule has 0 aromatic heterocycles. The van der Waals surface area contributed by atoms with Crippen LogP contribution in [0, 0.1) is 10.1 Å². The van der Waals surface area contributed by atoms with Crippen molar-refractivity contribution in [1.82, 2.24) is 4.31 Å². The predicted molar refractivity (Wildman–Crippen MR) is 93.9 cm³/mol. The van der Waals surface area contributed by atoms with Crippen LogP contribution < -0.4 is 4.74 Å². The van der Waals surface area contributed by atoms with Crippen LogP contribution in [0.25, 0.3) is 0 Å². The summed E-state index contributed by atoms with van der Waals surface area (Å²) >= 11 is 0. The number of nitro groups is 1. The molecule has 0 heterocycles. The molecule has 7 nitrogen and oxygen atoms in total. The first-order valence-electron chi connectivity index (χ1n) is 7.38. The van der Waals surface area contributed by atoms with Gasteiger partial charge in [-0.3, -0.25) is 10.1 Å². The van der Waals surface area contributed by atoms with E-state index in [0.29, 0.717) is 12.4 Å². The summed E-state index contributed by atoms with van der Waals surface area (Å²) in [6, 6.07) is 12.0. The predicted octanol–water partition coefficient (Wildman–Crippen LogP) is 2.98. The molecular weight excluding hydrogens is 344 g/mol. The van der Waals surface area contributed by atoms with E-state index in [-0.39, 0.29) is 17.1 Å². The van der Waals surface area contributed by atoms with Crippen LogP contribution >= 0.6 is 0 Å². The molecule has 25 heavy (non-hydrogen) atoms. The zero-order chi connectivity index (χ0) is 18.4. The molecule has 0 aliphatic carbocycles. The molecule has 0 saturated carbocycles. The summed E-state index contributed by atoms with van der Waals surface area (Å²) < 4.78 is 31.7. The van der Waals surface area contributed by atoms with Crippen molar-refractivity contribution in [2.75, 3.05) is 13.7 Å². The second-order valence-electron chi connectivity index (χ2n) is 5.26. The van der Waals surface area contributed by atoms with Gasteiger partial charge in [0.15, 0.2) is 0 Å². The largest absolute Gasteiger partial charge is 0.490 e. The lowest BCUT2D eigenvalue weighted by molar-refractivity contribution is -0.385. The lowest BCUT2D eigenvalue weighted by Crippen LogP contribution is -2.26. The van der Waals surface area contributed by atoms with Gasteiger partial charge >= 0.3 is 0 Å². The first kappa shape index (κ1) is 18.6. The molecule has 2 aromatic rings. The van der Waals surface area contributed by atoms with Gasteiger partial charge in [-0.15, -0.1) is 0 Å². The van der Waals surface area contributed by atoms with E-state index in [0.717, 1.165) is 15.9 Å². The zero-order valence-corrected chi connectivity index (χ0v) is 14.5. The fourth-order valence-corrected chi connectivity index (χ4v) is 3.32. The Labute approximate surface area is 146 Å². The standard InChI is InChI=1S/C17H18N2O5S/c1-3-11-24-16-9-7-14(8-10-16)13-18(2)25(22,23)17-6-4-5-15(12-17)19(20)21/h3-10,12H,1,11,13H2,2H3. The molecular formula is C17H18N2O5S. The van der Waals surface area contributed by atoms with Crippen molar-refractivity contribution in [3.63, 3.8) is 0 Å². The monoisotopic (exact) mass is 362 g/mol. The Morgan fingerprint density at radius 1 is 1.24 bits per heavy atom. The Hall–Kier alpha value is -2.71. The fourth-order valence-electron chi connectivity index (χ4n) is 2.13. The Balaban J connectivity index is 2.16. The average Bonchev–Trinajstić information content (AvgIpc) is 2.61. The second-order valence-corrected chi connectivity index (χ2v) is 7.30. The number of rotatable bonds is 8. The summed E-state index contributed by atoms with van der Waals surface area (Å²) in [4.78, 5) is 10.1. The molecule has 0 aliphatic rings. The molecule has 0 fully saturated rings. The molecule has 2 aromatic carbocycles. The molecule has 0 unspecified atom stereocenters. The third-order valence-corrected chi connectivity index (χ3v) is 5.23. The number of hydrogen-bond donors (Lipinski definition) is 0. The number of nitro benzene ring substituents is 1. The third kappa shape index (κ3) is 4.65. The molecule has 132 valence electrons. The average molecular weight is 362 g/mol. The van der Waals surface area contributed by atoms with E-state index in [1.165, 1.54) is 25.2 Å². The molecule has 0 N–H and O–H groups in total. The first-order valence-corrected chi connectivity index (χ1v) is 8.82. The lowest BCUT2D eigenvalue weighted by atomic mass is 10.2. The van der Waals surface area contributed by atoms with Gasteiger partial charge in [0.2, 0.25) is 10.0 Å². The van der Waals surface area contributed by atoms with Crippen molar-refractivity contribution in [3.05, 3.63) is 76.9 Å². The van der Waals surface area contributed by atoms with E-state index in [9.17, 15) is 18.5 Å². The number of benzene rings is 2. The molecule has 2 rings (SSSR count). The molecule has 0 spiro atoms. The summed E-state index contributed by atoms with van der Waals surface area (Å²) in [6.07, 6.45) is 1.63. The number of sulfonamides is 1. The van der Waals surface area contributed by atoms with Gasteiger partial charge in [0, 0.05) is 25.7 Å². The first-order chi connectivity index (χ1) is 11.8. The van der Waals surface area contributed by atoms with Crippen LogP contribution in [0.15, 0.2) is 66.1 Å². The molecule has 0 bridgehead atoms. The van der Waals surface area contributed by atoms with E-state index in [4.69, 9.17) is 4.74 Å². The van der Waals surface area contributed by atoms with Gasteiger partial charge in [-0.1, -0.05) is 30.9 Å². The summed E-state index contributed by atoms with van der Waals surface area (Å²) in [5.74, 6) is 0.660. The highest BCUT2D eigenvalue weighted by Gasteiger charge is 2.23. The molecule has 0 amide bonds. The van der Waals surface area contributed by atoms with Crippen LogP contribution in [0.2, 0.25) is 0 Å². The van der Waals surface area contributed by atoms with Crippen LogP contribution in [0.4, 0.5) is 5.69 Å². The van der Waals surface area contributed by atoms with Gasteiger partial charge in [0.25, 0.3) is 5.69 Å². The second kappa shape index (κ2) is 7.91. The van der Waals surface area contributed by atoms with Crippen molar-refractivity contribution in [2.45, 2.75) is 11.4 Å². The van der Waals surface area contributed by atoms with Gasteiger partial charge in [0.1, 0.15) is 12.4 Å². The Morgan fingerprint density at radius 3 is 2.52 bits per heavy atom. The quantitative estimate of drug-likeness (QED) is 0.409.